The van der Waals surface area contributed by atoms with Crippen molar-refractivity contribution in [2.75, 3.05) is 39.8 Å². The Hall–Kier alpha value is -2.24. The lowest BCUT2D eigenvalue weighted by Gasteiger charge is -2.36. The van der Waals surface area contributed by atoms with Crippen LogP contribution >= 0.6 is 0 Å². The predicted molar refractivity (Wildman–Crippen MR) is 95.2 cm³/mol. The largest absolute Gasteiger partial charge is 0.450 e. The Morgan fingerprint density at radius 2 is 1.93 bits per heavy atom. The molecule has 1 heterocycles. The summed E-state index contributed by atoms with van der Waals surface area (Å²) in [5, 5.41) is 0. The molecule has 0 aromatic heterocycles. The number of hydrogen-bond donors (Lipinski definition) is 1. The number of rotatable bonds is 6. The van der Waals surface area contributed by atoms with Crippen molar-refractivity contribution in [3.63, 3.8) is 0 Å². The fourth-order valence-corrected chi connectivity index (χ4v) is 4.34. The summed E-state index contributed by atoms with van der Waals surface area (Å²) in [6, 6.07) is 3.71. The number of benzene rings is 1. The number of primary amides is 1. The van der Waals surface area contributed by atoms with E-state index in [0.717, 1.165) is 14.7 Å². The summed E-state index contributed by atoms with van der Waals surface area (Å²) >= 11 is 0. The quantitative estimate of drug-likeness (QED) is 0.735. The smallest absolute Gasteiger partial charge is 0.409 e. The molecule has 27 heavy (non-hydrogen) atoms. The van der Waals surface area contributed by atoms with Gasteiger partial charge in [0.05, 0.1) is 6.61 Å². The molecule has 2 amide bonds. The predicted octanol–water partition coefficient (Wildman–Crippen LogP) is 0.303. The lowest BCUT2D eigenvalue weighted by Crippen LogP contribution is -2.55. The van der Waals surface area contributed by atoms with Crippen LogP contribution in [-0.4, -0.2) is 73.8 Å². The van der Waals surface area contributed by atoms with E-state index >= 15 is 0 Å². The fraction of sp³-hybridized carbons (Fsp3) is 0.500. The van der Waals surface area contributed by atoms with Gasteiger partial charge in [0.1, 0.15) is 11.9 Å². The molecule has 0 aliphatic carbocycles. The van der Waals surface area contributed by atoms with Gasteiger partial charge in [-0.05, 0) is 24.6 Å². The maximum atomic E-state index is 13.5. The van der Waals surface area contributed by atoms with Gasteiger partial charge in [0.2, 0.25) is 5.91 Å². The van der Waals surface area contributed by atoms with E-state index in [1.165, 1.54) is 30.1 Å². The van der Waals surface area contributed by atoms with E-state index in [-0.39, 0.29) is 38.3 Å². The molecule has 1 unspecified atom stereocenters. The van der Waals surface area contributed by atoms with Crippen molar-refractivity contribution in [1.29, 1.82) is 0 Å². The van der Waals surface area contributed by atoms with E-state index in [4.69, 9.17) is 10.5 Å². The molecule has 0 bridgehead atoms. The summed E-state index contributed by atoms with van der Waals surface area (Å²) in [7, 11) is -2.85. The first-order valence-electron chi connectivity index (χ1n) is 8.38. The second-order valence-corrected chi connectivity index (χ2v) is 7.96. The van der Waals surface area contributed by atoms with Gasteiger partial charge in [-0.2, -0.15) is 17.0 Å². The highest BCUT2D eigenvalue weighted by Crippen LogP contribution is 2.25. The molecule has 1 aromatic carbocycles. The Bertz CT molecular complexity index is 796. The molecule has 1 aliphatic heterocycles. The van der Waals surface area contributed by atoms with Gasteiger partial charge in [0.25, 0.3) is 10.2 Å². The number of carbonyl (C=O) groups excluding carboxylic acids is 2. The van der Waals surface area contributed by atoms with Crippen LogP contribution in [0.4, 0.5) is 9.18 Å². The lowest BCUT2D eigenvalue weighted by molar-refractivity contribution is -0.121. The van der Waals surface area contributed by atoms with Gasteiger partial charge >= 0.3 is 6.09 Å². The zero-order valence-electron chi connectivity index (χ0n) is 15.2. The SMILES string of the molecule is CCOC(=O)N1CCN(S(=O)(=O)N(C)C(C(N)=O)c2cccc(F)c2)CC1. The molecule has 0 spiro atoms. The van der Waals surface area contributed by atoms with Crippen LogP contribution in [0.5, 0.6) is 0 Å². The maximum absolute atomic E-state index is 13.5. The van der Waals surface area contributed by atoms with Gasteiger partial charge in [0, 0.05) is 33.2 Å². The van der Waals surface area contributed by atoms with E-state index in [9.17, 15) is 22.4 Å². The Labute approximate surface area is 157 Å². The number of likely N-dealkylation sites (N-methyl/N-ethyl adjacent to an activating group) is 1. The van der Waals surface area contributed by atoms with E-state index in [2.05, 4.69) is 0 Å². The molecule has 1 aromatic rings. The molecule has 1 aliphatic rings. The van der Waals surface area contributed by atoms with Gasteiger partial charge in [-0.15, -0.1) is 0 Å². The van der Waals surface area contributed by atoms with Crippen LogP contribution in [0.15, 0.2) is 24.3 Å². The number of hydrogen-bond acceptors (Lipinski definition) is 5. The van der Waals surface area contributed by atoms with Crippen LogP contribution in [0.3, 0.4) is 0 Å². The summed E-state index contributed by atoms with van der Waals surface area (Å²) in [6.07, 6.45) is -0.502. The highest BCUT2D eigenvalue weighted by Gasteiger charge is 2.38. The summed E-state index contributed by atoms with van der Waals surface area (Å²) in [5.74, 6) is -1.52. The van der Waals surface area contributed by atoms with Crippen molar-refractivity contribution in [2.45, 2.75) is 13.0 Å². The van der Waals surface area contributed by atoms with Gasteiger partial charge in [-0.3, -0.25) is 4.79 Å². The highest BCUT2D eigenvalue weighted by molar-refractivity contribution is 7.86. The van der Waals surface area contributed by atoms with Crippen molar-refractivity contribution >= 4 is 22.2 Å². The van der Waals surface area contributed by atoms with E-state index in [0.29, 0.717) is 0 Å². The third-order valence-electron chi connectivity index (χ3n) is 4.25. The molecule has 2 rings (SSSR count). The second kappa shape index (κ2) is 8.63. The summed E-state index contributed by atoms with van der Waals surface area (Å²) < 4.78 is 46.2. The number of amides is 2. The number of nitrogens with zero attached hydrogens (tertiary/aromatic N) is 3. The van der Waals surface area contributed by atoms with Crippen LogP contribution in [0, 0.1) is 5.82 Å². The van der Waals surface area contributed by atoms with E-state index < -0.39 is 34.1 Å². The van der Waals surface area contributed by atoms with Crippen molar-refractivity contribution in [2.24, 2.45) is 5.73 Å². The summed E-state index contributed by atoms with van der Waals surface area (Å²) in [5.41, 5.74) is 5.52. The van der Waals surface area contributed by atoms with Crippen molar-refractivity contribution in [1.82, 2.24) is 13.5 Å². The van der Waals surface area contributed by atoms with Gasteiger partial charge in [-0.25, -0.2) is 9.18 Å². The van der Waals surface area contributed by atoms with Crippen molar-refractivity contribution in [3.05, 3.63) is 35.6 Å². The average Bonchev–Trinajstić information content (AvgIpc) is 2.62. The molecular formula is C16H23FN4O5S. The molecule has 0 radical (unpaired) electrons. The molecule has 0 saturated carbocycles. The Balaban J connectivity index is 2.17. The minimum absolute atomic E-state index is 0.0418. The van der Waals surface area contributed by atoms with Crippen LogP contribution in [0.2, 0.25) is 0 Å². The van der Waals surface area contributed by atoms with E-state index in [1.807, 2.05) is 0 Å². The fourth-order valence-electron chi connectivity index (χ4n) is 2.86. The third kappa shape index (κ3) is 4.73. The Kier molecular flexibility index (Phi) is 6.73. The number of ether oxygens (including phenoxy) is 1. The lowest BCUT2D eigenvalue weighted by atomic mass is 10.1. The van der Waals surface area contributed by atoms with Gasteiger partial charge < -0.3 is 15.4 Å². The highest BCUT2D eigenvalue weighted by atomic mass is 32.2. The topological polar surface area (TPSA) is 113 Å². The summed E-state index contributed by atoms with van der Waals surface area (Å²) in [4.78, 5) is 25.0. The Morgan fingerprint density at radius 3 is 2.44 bits per heavy atom. The van der Waals surface area contributed by atoms with Crippen LogP contribution in [-0.2, 0) is 19.7 Å². The Morgan fingerprint density at radius 1 is 1.30 bits per heavy atom. The number of halogens is 1. The molecular weight excluding hydrogens is 379 g/mol. The van der Waals surface area contributed by atoms with E-state index in [1.54, 1.807) is 6.92 Å². The van der Waals surface area contributed by atoms with Gasteiger partial charge in [-0.1, -0.05) is 12.1 Å². The van der Waals surface area contributed by atoms with Gasteiger partial charge in [0.15, 0.2) is 0 Å². The molecule has 1 fully saturated rings. The first-order chi connectivity index (χ1) is 12.7. The molecule has 9 nitrogen and oxygen atoms in total. The number of piperazine rings is 1. The van der Waals surface area contributed by atoms with Crippen LogP contribution < -0.4 is 5.73 Å². The van der Waals surface area contributed by atoms with Crippen LogP contribution in [0.1, 0.15) is 18.5 Å². The maximum Gasteiger partial charge on any atom is 0.409 e. The zero-order valence-corrected chi connectivity index (χ0v) is 16.0. The normalized spacial score (nSPS) is 17.0. The monoisotopic (exact) mass is 402 g/mol. The minimum Gasteiger partial charge on any atom is -0.450 e. The average molecular weight is 402 g/mol. The van der Waals surface area contributed by atoms with Crippen LogP contribution in [0.25, 0.3) is 0 Å². The minimum atomic E-state index is -4.06. The first kappa shape index (κ1) is 21.1. The molecule has 1 atom stereocenters. The first-order valence-corrected chi connectivity index (χ1v) is 9.77. The molecule has 150 valence electrons. The number of carbonyl (C=O) groups is 2. The molecule has 11 heteroatoms. The number of nitrogens with two attached hydrogens (primary N) is 1. The molecule has 2 N–H and O–H groups in total. The van der Waals surface area contributed by atoms with Crippen molar-refractivity contribution in [3.8, 4) is 0 Å². The zero-order chi connectivity index (χ0) is 20.2. The van der Waals surface area contributed by atoms with Crippen molar-refractivity contribution < 1.29 is 27.1 Å². The summed E-state index contributed by atoms with van der Waals surface area (Å²) in [6.45, 7) is 2.32. The second-order valence-electron chi connectivity index (χ2n) is 5.97. The molecule has 1 saturated heterocycles. The standard InChI is InChI=1S/C16H23FN4O5S/c1-3-26-16(23)20-7-9-21(10-8-20)27(24,25)19(2)14(15(18)22)12-5-4-6-13(17)11-12/h4-6,11,14H,3,7-10H2,1-2H3,(H2,18,22). The third-order valence-corrected chi connectivity index (χ3v) is 6.21.